The number of morpholine rings is 1. The van der Waals surface area contributed by atoms with Crippen LogP contribution in [0.1, 0.15) is 44.3 Å². The molecule has 0 aromatic carbocycles. The van der Waals surface area contributed by atoms with E-state index in [4.69, 9.17) is 9.26 Å². The van der Waals surface area contributed by atoms with E-state index in [1.165, 1.54) is 25.7 Å². The van der Waals surface area contributed by atoms with Crippen LogP contribution in [0.4, 0.5) is 0 Å². The average molecular weight is 294 g/mol. The Balaban J connectivity index is 1.65. The third-order valence-electron chi connectivity index (χ3n) is 5.05. The smallest absolute Gasteiger partial charge is 0.223 e. The standard InChI is InChI=1S/C15H26N4O2/c1-12(16-11-14-17-13(2)21-18-14)15(5-3-4-6-15)19-7-9-20-10-8-19/h12,16H,3-11H2,1-2H3. The van der Waals surface area contributed by atoms with E-state index in [2.05, 4.69) is 27.3 Å². The van der Waals surface area contributed by atoms with Crippen LogP contribution in [-0.4, -0.2) is 52.9 Å². The summed E-state index contributed by atoms with van der Waals surface area (Å²) in [6.07, 6.45) is 5.19. The third kappa shape index (κ3) is 3.12. The van der Waals surface area contributed by atoms with Gasteiger partial charge in [0.1, 0.15) is 0 Å². The van der Waals surface area contributed by atoms with Crippen molar-refractivity contribution in [3.63, 3.8) is 0 Å². The summed E-state index contributed by atoms with van der Waals surface area (Å²) in [6.45, 7) is 8.61. The van der Waals surface area contributed by atoms with E-state index in [9.17, 15) is 0 Å². The molecular formula is C15H26N4O2. The van der Waals surface area contributed by atoms with Crippen LogP contribution in [0.25, 0.3) is 0 Å². The Morgan fingerprint density at radius 2 is 2.00 bits per heavy atom. The van der Waals surface area contributed by atoms with Crippen molar-refractivity contribution < 1.29 is 9.26 Å². The Bertz CT molecular complexity index is 450. The summed E-state index contributed by atoms with van der Waals surface area (Å²) in [5, 5.41) is 7.59. The Morgan fingerprint density at radius 1 is 1.29 bits per heavy atom. The minimum Gasteiger partial charge on any atom is -0.379 e. The minimum atomic E-state index is 0.266. The van der Waals surface area contributed by atoms with Crippen LogP contribution >= 0.6 is 0 Å². The molecule has 118 valence electrons. The summed E-state index contributed by atoms with van der Waals surface area (Å²) in [5.41, 5.74) is 0.266. The van der Waals surface area contributed by atoms with Crippen LogP contribution in [0.15, 0.2) is 4.52 Å². The van der Waals surface area contributed by atoms with Crippen LogP contribution in [0.2, 0.25) is 0 Å². The summed E-state index contributed by atoms with van der Waals surface area (Å²) < 4.78 is 10.6. The summed E-state index contributed by atoms with van der Waals surface area (Å²) in [7, 11) is 0. The van der Waals surface area contributed by atoms with Gasteiger partial charge >= 0.3 is 0 Å². The molecule has 21 heavy (non-hydrogen) atoms. The number of aryl methyl sites for hydroxylation is 1. The van der Waals surface area contributed by atoms with E-state index in [1.807, 2.05) is 6.92 Å². The van der Waals surface area contributed by atoms with Gasteiger partial charge < -0.3 is 14.6 Å². The van der Waals surface area contributed by atoms with Crippen molar-refractivity contribution in [2.45, 2.75) is 57.7 Å². The van der Waals surface area contributed by atoms with E-state index in [1.54, 1.807) is 0 Å². The molecule has 6 nitrogen and oxygen atoms in total. The molecule has 1 aromatic rings. The molecular weight excluding hydrogens is 268 g/mol. The number of ether oxygens (including phenoxy) is 1. The van der Waals surface area contributed by atoms with E-state index in [0.717, 1.165) is 32.1 Å². The number of nitrogens with zero attached hydrogens (tertiary/aromatic N) is 3. The lowest BCUT2D eigenvalue weighted by molar-refractivity contribution is -0.0335. The van der Waals surface area contributed by atoms with Crippen LogP contribution in [0.5, 0.6) is 0 Å². The zero-order chi connectivity index (χ0) is 14.7. The van der Waals surface area contributed by atoms with Gasteiger partial charge in [0.05, 0.1) is 19.8 Å². The van der Waals surface area contributed by atoms with Gasteiger partial charge in [0.15, 0.2) is 5.82 Å². The van der Waals surface area contributed by atoms with Gasteiger partial charge in [-0.2, -0.15) is 4.98 Å². The van der Waals surface area contributed by atoms with Crippen molar-refractivity contribution >= 4 is 0 Å². The number of nitrogens with one attached hydrogen (secondary N) is 1. The molecule has 1 N–H and O–H groups in total. The predicted molar refractivity (Wildman–Crippen MR) is 78.9 cm³/mol. The normalized spacial score (nSPS) is 24.3. The first-order valence-corrected chi connectivity index (χ1v) is 8.06. The van der Waals surface area contributed by atoms with Gasteiger partial charge in [-0.05, 0) is 19.8 Å². The highest BCUT2D eigenvalue weighted by Crippen LogP contribution is 2.38. The topological polar surface area (TPSA) is 63.4 Å². The first-order valence-electron chi connectivity index (χ1n) is 8.06. The Labute approximate surface area is 126 Å². The maximum absolute atomic E-state index is 5.52. The Kier molecular flexibility index (Phi) is 4.57. The molecule has 0 radical (unpaired) electrons. The molecule has 3 rings (SSSR count). The highest BCUT2D eigenvalue weighted by atomic mass is 16.5. The molecule has 0 bridgehead atoms. The fraction of sp³-hybridized carbons (Fsp3) is 0.867. The SMILES string of the molecule is Cc1nc(CNC(C)C2(N3CCOCC3)CCCC2)no1. The molecule has 2 aliphatic rings. The van der Waals surface area contributed by atoms with Crippen molar-refractivity contribution in [1.29, 1.82) is 0 Å². The van der Waals surface area contributed by atoms with Crippen molar-refractivity contribution in [1.82, 2.24) is 20.4 Å². The van der Waals surface area contributed by atoms with Crippen LogP contribution in [0, 0.1) is 6.92 Å². The number of hydrogen-bond donors (Lipinski definition) is 1. The highest BCUT2D eigenvalue weighted by molar-refractivity contribution is 5.03. The second kappa shape index (κ2) is 6.42. The Hall–Kier alpha value is -0.980. The molecule has 0 spiro atoms. The average Bonchev–Trinajstić information content (AvgIpc) is 3.15. The van der Waals surface area contributed by atoms with Crippen LogP contribution in [-0.2, 0) is 11.3 Å². The minimum absolute atomic E-state index is 0.266. The second-order valence-electron chi connectivity index (χ2n) is 6.24. The monoisotopic (exact) mass is 294 g/mol. The summed E-state index contributed by atoms with van der Waals surface area (Å²) >= 11 is 0. The van der Waals surface area contributed by atoms with Crippen molar-refractivity contribution in [3.05, 3.63) is 11.7 Å². The molecule has 1 unspecified atom stereocenters. The van der Waals surface area contributed by atoms with Gasteiger partial charge in [0.2, 0.25) is 5.89 Å². The lowest BCUT2D eigenvalue weighted by Gasteiger charge is -2.47. The summed E-state index contributed by atoms with van der Waals surface area (Å²) in [5.74, 6) is 1.37. The van der Waals surface area contributed by atoms with Gasteiger partial charge in [-0.1, -0.05) is 18.0 Å². The van der Waals surface area contributed by atoms with E-state index in [0.29, 0.717) is 18.5 Å². The van der Waals surface area contributed by atoms with Gasteiger partial charge in [-0.15, -0.1) is 0 Å². The van der Waals surface area contributed by atoms with Crippen molar-refractivity contribution in [2.75, 3.05) is 26.3 Å². The van der Waals surface area contributed by atoms with Gasteiger partial charge in [0.25, 0.3) is 0 Å². The zero-order valence-corrected chi connectivity index (χ0v) is 13.1. The number of aromatic nitrogens is 2. The summed E-state index contributed by atoms with van der Waals surface area (Å²) in [6, 6.07) is 0.414. The molecule has 0 amide bonds. The fourth-order valence-corrected chi connectivity index (χ4v) is 3.87. The van der Waals surface area contributed by atoms with Crippen LogP contribution < -0.4 is 5.32 Å². The Morgan fingerprint density at radius 3 is 2.62 bits per heavy atom. The molecule has 1 atom stereocenters. The van der Waals surface area contributed by atoms with E-state index in [-0.39, 0.29) is 5.54 Å². The second-order valence-corrected chi connectivity index (χ2v) is 6.24. The summed E-state index contributed by atoms with van der Waals surface area (Å²) in [4.78, 5) is 6.91. The largest absolute Gasteiger partial charge is 0.379 e. The lowest BCUT2D eigenvalue weighted by Crippen LogP contribution is -2.61. The maximum atomic E-state index is 5.52. The number of hydrogen-bond acceptors (Lipinski definition) is 6. The first-order chi connectivity index (χ1) is 10.2. The molecule has 2 heterocycles. The van der Waals surface area contributed by atoms with Gasteiger partial charge in [0, 0.05) is 31.6 Å². The first kappa shape index (κ1) is 14.9. The molecule has 1 saturated carbocycles. The van der Waals surface area contributed by atoms with Crippen molar-refractivity contribution in [2.24, 2.45) is 0 Å². The quantitative estimate of drug-likeness (QED) is 0.888. The molecule has 1 aliphatic carbocycles. The van der Waals surface area contributed by atoms with Crippen molar-refractivity contribution in [3.8, 4) is 0 Å². The maximum Gasteiger partial charge on any atom is 0.223 e. The molecule has 1 aliphatic heterocycles. The third-order valence-corrected chi connectivity index (χ3v) is 5.05. The molecule has 6 heteroatoms. The predicted octanol–water partition coefficient (Wildman–Crippen LogP) is 1.50. The van der Waals surface area contributed by atoms with Gasteiger partial charge in [-0.3, -0.25) is 4.90 Å². The van der Waals surface area contributed by atoms with Crippen LogP contribution in [0.3, 0.4) is 0 Å². The van der Waals surface area contributed by atoms with Gasteiger partial charge in [-0.25, -0.2) is 0 Å². The van der Waals surface area contributed by atoms with E-state index >= 15 is 0 Å². The highest BCUT2D eigenvalue weighted by Gasteiger charge is 2.44. The number of rotatable bonds is 5. The fourth-order valence-electron chi connectivity index (χ4n) is 3.87. The molecule has 1 aromatic heterocycles. The zero-order valence-electron chi connectivity index (χ0n) is 13.1. The van der Waals surface area contributed by atoms with E-state index < -0.39 is 0 Å². The molecule has 1 saturated heterocycles. The molecule has 2 fully saturated rings. The lowest BCUT2D eigenvalue weighted by atomic mass is 9.86.